The molecular formula is C14H17ClN2O3. The molecule has 1 aromatic carbocycles. The molecule has 1 fully saturated rings. The number of β-amino-alcohol motifs (C(OH)–C–C–N with tert-alkyl or cyclic N) is 1. The molecule has 1 atom stereocenters. The highest BCUT2D eigenvalue weighted by Gasteiger charge is 2.21. The van der Waals surface area contributed by atoms with E-state index in [4.69, 9.17) is 11.6 Å². The van der Waals surface area contributed by atoms with Crippen molar-refractivity contribution in [1.82, 2.24) is 10.2 Å². The minimum atomic E-state index is -0.502. The summed E-state index contributed by atoms with van der Waals surface area (Å²) in [5, 5.41) is 12.2. The Morgan fingerprint density at radius 3 is 2.85 bits per heavy atom. The van der Waals surface area contributed by atoms with Crippen LogP contribution in [0.15, 0.2) is 24.3 Å². The summed E-state index contributed by atoms with van der Waals surface area (Å²) in [5.41, 5.74) is 0.279. The lowest BCUT2D eigenvalue weighted by molar-refractivity contribution is -0.121. The Hall–Kier alpha value is -1.43. The van der Waals surface area contributed by atoms with Gasteiger partial charge in [-0.2, -0.15) is 0 Å². The Balaban J connectivity index is 1.88. The fourth-order valence-electron chi connectivity index (χ4n) is 2.26. The Bertz CT molecular complexity index is 507. The topological polar surface area (TPSA) is 69.6 Å². The van der Waals surface area contributed by atoms with E-state index in [1.807, 2.05) is 4.90 Å². The molecule has 108 valence electrons. The monoisotopic (exact) mass is 296 g/mol. The third-order valence-electron chi connectivity index (χ3n) is 3.22. The first kappa shape index (κ1) is 15.0. The number of likely N-dealkylation sites (tertiary alicyclic amines) is 1. The zero-order chi connectivity index (χ0) is 14.5. The fourth-order valence-corrected chi connectivity index (χ4v) is 2.48. The second-order valence-electron chi connectivity index (χ2n) is 4.89. The van der Waals surface area contributed by atoms with E-state index < -0.39 is 12.0 Å². The third kappa shape index (κ3) is 4.03. The van der Waals surface area contributed by atoms with Gasteiger partial charge in [-0.1, -0.05) is 23.7 Å². The SMILES string of the molecule is O=C(CN1CCC[C@H](O)C1)NC(=O)c1ccccc1Cl. The predicted octanol–water partition coefficient (Wildman–Crippen LogP) is 1.05. The van der Waals surface area contributed by atoms with E-state index in [0.717, 1.165) is 19.4 Å². The smallest absolute Gasteiger partial charge is 0.259 e. The van der Waals surface area contributed by atoms with Crippen molar-refractivity contribution < 1.29 is 14.7 Å². The number of carbonyl (C=O) groups is 2. The van der Waals surface area contributed by atoms with Crippen molar-refractivity contribution in [3.63, 3.8) is 0 Å². The van der Waals surface area contributed by atoms with Gasteiger partial charge in [-0.15, -0.1) is 0 Å². The molecule has 0 aliphatic carbocycles. The molecule has 1 aliphatic rings. The molecule has 1 aliphatic heterocycles. The molecule has 0 bridgehead atoms. The average Bonchev–Trinajstić information content (AvgIpc) is 2.38. The highest BCUT2D eigenvalue weighted by Crippen LogP contribution is 2.14. The quantitative estimate of drug-likeness (QED) is 0.875. The summed E-state index contributed by atoms with van der Waals surface area (Å²) >= 11 is 5.90. The lowest BCUT2D eigenvalue weighted by Crippen LogP contribution is -2.45. The Kier molecular flexibility index (Phi) is 5.11. The fraction of sp³-hybridized carbons (Fsp3) is 0.429. The normalized spacial score (nSPS) is 19.6. The average molecular weight is 297 g/mol. The van der Waals surface area contributed by atoms with Crippen molar-refractivity contribution in [3.05, 3.63) is 34.9 Å². The number of benzene rings is 1. The Morgan fingerprint density at radius 1 is 1.40 bits per heavy atom. The molecule has 1 heterocycles. The van der Waals surface area contributed by atoms with E-state index in [-0.39, 0.29) is 18.0 Å². The van der Waals surface area contributed by atoms with Gasteiger partial charge in [0.2, 0.25) is 5.91 Å². The number of rotatable bonds is 3. The minimum Gasteiger partial charge on any atom is -0.392 e. The molecule has 0 aromatic heterocycles. The number of piperidine rings is 1. The first-order valence-electron chi connectivity index (χ1n) is 6.55. The Labute approximate surface area is 122 Å². The van der Waals surface area contributed by atoms with Gasteiger partial charge < -0.3 is 5.11 Å². The number of aliphatic hydroxyl groups excluding tert-OH is 1. The number of aliphatic hydroxyl groups is 1. The molecular weight excluding hydrogens is 280 g/mol. The third-order valence-corrected chi connectivity index (χ3v) is 3.55. The van der Waals surface area contributed by atoms with Crippen LogP contribution in [0.5, 0.6) is 0 Å². The molecule has 0 radical (unpaired) electrons. The molecule has 1 aromatic rings. The summed E-state index contributed by atoms with van der Waals surface area (Å²) in [6, 6.07) is 6.57. The second-order valence-corrected chi connectivity index (χ2v) is 5.30. The van der Waals surface area contributed by atoms with Crippen LogP contribution in [0.25, 0.3) is 0 Å². The van der Waals surface area contributed by atoms with Gasteiger partial charge >= 0.3 is 0 Å². The number of amides is 2. The van der Waals surface area contributed by atoms with Gasteiger partial charge in [0, 0.05) is 6.54 Å². The zero-order valence-corrected chi connectivity index (χ0v) is 11.8. The van der Waals surface area contributed by atoms with E-state index in [1.54, 1.807) is 24.3 Å². The number of nitrogens with one attached hydrogen (secondary N) is 1. The number of halogens is 1. The summed E-state index contributed by atoms with van der Waals surface area (Å²) in [7, 11) is 0. The first-order chi connectivity index (χ1) is 9.56. The predicted molar refractivity (Wildman–Crippen MR) is 75.6 cm³/mol. The minimum absolute atomic E-state index is 0.104. The van der Waals surface area contributed by atoms with Gasteiger partial charge in [-0.3, -0.25) is 19.8 Å². The number of carbonyl (C=O) groups excluding carboxylic acids is 2. The molecule has 2 rings (SSSR count). The van der Waals surface area contributed by atoms with Crippen molar-refractivity contribution in [2.45, 2.75) is 18.9 Å². The molecule has 0 unspecified atom stereocenters. The van der Waals surface area contributed by atoms with E-state index in [1.165, 1.54) is 0 Å². The molecule has 0 saturated carbocycles. The molecule has 2 N–H and O–H groups in total. The van der Waals surface area contributed by atoms with Gasteiger partial charge in [0.05, 0.1) is 23.2 Å². The highest BCUT2D eigenvalue weighted by atomic mass is 35.5. The number of hydrogen-bond acceptors (Lipinski definition) is 4. The molecule has 0 spiro atoms. The van der Waals surface area contributed by atoms with Crippen LogP contribution in [0.2, 0.25) is 5.02 Å². The van der Waals surface area contributed by atoms with Gasteiger partial charge in [-0.05, 0) is 31.5 Å². The summed E-state index contributed by atoms with van der Waals surface area (Å²) in [6.07, 6.45) is 1.22. The van der Waals surface area contributed by atoms with E-state index >= 15 is 0 Å². The number of hydrogen-bond donors (Lipinski definition) is 2. The number of imide groups is 1. The first-order valence-corrected chi connectivity index (χ1v) is 6.93. The summed E-state index contributed by atoms with van der Waals surface area (Å²) in [5.74, 6) is -0.887. The standard InChI is InChI=1S/C14H17ClN2O3/c15-12-6-2-1-5-11(12)14(20)16-13(19)9-17-7-3-4-10(18)8-17/h1-2,5-6,10,18H,3-4,7-9H2,(H,16,19,20)/t10-/m0/s1. The van der Waals surface area contributed by atoms with Crippen LogP contribution in [0.3, 0.4) is 0 Å². The molecule has 1 saturated heterocycles. The lowest BCUT2D eigenvalue weighted by atomic mass is 10.1. The van der Waals surface area contributed by atoms with Crippen molar-refractivity contribution in [3.8, 4) is 0 Å². The maximum atomic E-state index is 11.9. The molecule has 2 amide bonds. The van der Waals surface area contributed by atoms with E-state index in [0.29, 0.717) is 11.6 Å². The maximum absolute atomic E-state index is 11.9. The number of nitrogens with zero attached hydrogens (tertiary/aromatic N) is 1. The Morgan fingerprint density at radius 2 is 2.15 bits per heavy atom. The van der Waals surface area contributed by atoms with Gasteiger partial charge in [0.25, 0.3) is 5.91 Å². The summed E-state index contributed by atoms with van der Waals surface area (Å²) < 4.78 is 0. The van der Waals surface area contributed by atoms with Gasteiger partial charge in [-0.25, -0.2) is 0 Å². The maximum Gasteiger partial charge on any atom is 0.259 e. The van der Waals surface area contributed by atoms with Crippen LogP contribution in [0.1, 0.15) is 23.2 Å². The zero-order valence-electron chi connectivity index (χ0n) is 11.0. The van der Waals surface area contributed by atoms with Crippen LogP contribution in [0.4, 0.5) is 0 Å². The van der Waals surface area contributed by atoms with Crippen LogP contribution in [-0.2, 0) is 4.79 Å². The van der Waals surface area contributed by atoms with Crippen LogP contribution in [-0.4, -0.2) is 47.6 Å². The highest BCUT2D eigenvalue weighted by molar-refractivity contribution is 6.34. The molecule has 5 nitrogen and oxygen atoms in total. The summed E-state index contributed by atoms with van der Waals surface area (Å²) in [4.78, 5) is 25.5. The van der Waals surface area contributed by atoms with Crippen molar-refractivity contribution in [2.75, 3.05) is 19.6 Å². The molecule has 20 heavy (non-hydrogen) atoms. The van der Waals surface area contributed by atoms with Crippen molar-refractivity contribution in [1.29, 1.82) is 0 Å². The lowest BCUT2D eigenvalue weighted by Gasteiger charge is -2.29. The van der Waals surface area contributed by atoms with E-state index in [9.17, 15) is 14.7 Å². The van der Waals surface area contributed by atoms with E-state index in [2.05, 4.69) is 5.32 Å². The van der Waals surface area contributed by atoms with Crippen molar-refractivity contribution in [2.24, 2.45) is 0 Å². The van der Waals surface area contributed by atoms with Gasteiger partial charge in [0.15, 0.2) is 0 Å². The van der Waals surface area contributed by atoms with Crippen LogP contribution < -0.4 is 5.32 Å². The second kappa shape index (κ2) is 6.83. The van der Waals surface area contributed by atoms with Crippen molar-refractivity contribution >= 4 is 23.4 Å². The van der Waals surface area contributed by atoms with Gasteiger partial charge in [0.1, 0.15) is 0 Å². The summed E-state index contributed by atoms with van der Waals surface area (Å²) in [6.45, 7) is 1.33. The largest absolute Gasteiger partial charge is 0.392 e. The van der Waals surface area contributed by atoms with Crippen LogP contribution in [0, 0.1) is 0 Å². The molecule has 6 heteroatoms. The van der Waals surface area contributed by atoms with Crippen LogP contribution >= 0.6 is 11.6 Å².